The van der Waals surface area contributed by atoms with Crippen LogP contribution in [0.5, 0.6) is 0 Å². The first-order valence-electron chi connectivity index (χ1n) is 13.2. The van der Waals surface area contributed by atoms with E-state index in [9.17, 15) is 23.9 Å². The Morgan fingerprint density at radius 2 is 1.90 bits per heavy atom. The lowest BCUT2D eigenvalue weighted by Gasteiger charge is -2.55. The summed E-state index contributed by atoms with van der Waals surface area (Å²) in [6.45, 7) is 3.32. The maximum Gasteiger partial charge on any atom is 0.277 e. The molecule has 3 aliphatic heterocycles. The number of hydrogen-bond donors (Lipinski definition) is 2. The van der Waals surface area contributed by atoms with Gasteiger partial charge in [0.2, 0.25) is 11.7 Å². The Morgan fingerprint density at radius 3 is 2.63 bits per heavy atom. The standard InChI is InChI=1S/C29H28F2N4O5S/c1-3-21(36)27(37)26-29(39)34-20(28(38)32-15-8-9-15)12-40-13-23(34)35(33(26)2)25-16-10-11-19(30)24(31)18(16)14-41-22-7-5-4-6-17(22)25/h3-7,10-11,15,20,23,25,37H,1,8-9,12-14H2,2H3,(H,32,38)/b27-26+/t20?,23-,25+/m1/s1. The first-order valence-corrected chi connectivity index (χ1v) is 14.2. The Kier molecular flexibility index (Phi) is 7.08. The molecule has 0 bridgehead atoms. The van der Waals surface area contributed by atoms with Gasteiger partial charge in [-0.2, -0.15) is 5.01 Å². The highest BCUT2D eigenvalue weighted by molar-refractivity contribution is 7.98. The van der Waals surface area contributed by atoms with Crippen LogP contribution < -0.4 is 5.32 Å². The smallest absolute Gasteiger partial charge is 0.277 e. The summed E-state index contributed by atoms with van der Waals surface area (Å²) in [7, 11) is 1.51. The topological polar surface area (TPSA) is 102 Å². The summed E-state index contributed by atoms with van der Waals surface area (Å²) in [4.78, 5) is 42.1. The molecule has 3 heterocycles. The minimum Gasteiger partial charge on any atom is -0.503 e. The molecule has 2 aromatic carbocycles. The molecule has 0 radical (unpaired) electrons. The first kappa shape index (κ1) is 27.4. The molecule has 2 saturated heterocycles. The van der Waals surface area contributed by atoms with Crippen LogP contribution in [-0.2, 0) is 24.9 Å². The van der Waals surface area contributed by atoms with Crippen LogP contribution in [0.3, 0.4) is 0 Å². The van der Waals surface area contributed by atoms with E-state index in [0.717, 1.165) is 35.4 Å². The van der Waals surface area contributed by atoms with Gasteiger partial charge in [0.05, 0.1) is 19.3 Å². The third kappa shape index (κ3) is 4.59. The second kappa shape index (κ2) is 10.6. The second-order valence-electron chi connectivity index (χ2n) is 10.4. The van der Waals surface area contributed by atoms with Gasteiger partial charge >= 0.3 is 0 Å². The van der Waals surface area contributed by atoms with E-state index in [1.54, 1.807) is 5.01 Å². The van der Waals surface area contributed by atoms with Crippen molar-refractivity contribution in [2.75, 3.05) is 20.3 Å². The van der Waals surface area contributed by atoms with Gasteiger partial charge in [0.1, 0.15) is 12.2 Å². The van der Waals surface area contributed by atoms with Crippen molar-refractivity contribution in [2.45, 2.75) is 47.8 Å². The number of ether oxygens (including phenoxy) is 1. The number of hydrogen-bond acceptors (Lipinski definition) is 8. The lowest BCUT2D eigenvalue weighted by atomic mass is 9.92. The Hall–Kier alpha value is -3.74. The first-order chi connectivity index (χ1) is 19.7. The molecule has 2 aromatic rings. The van der Waals surface area contributed by atoms with E-state index < -0.39 is 53.2 Å². The Balaban J connectivity index is 1.57. The maximum absolute atomic E-state index is 15.3. The van der Waals surface area contributed by atoms with Gasteiger partial charge in [-0.15, -0.1) is 11.8 Å². The molecule has 214 valence electrons. The van der Waals surface area contributed by atoms with Crippen LogP contribution in [-0.4, -0.2) is 76.1 Å². The minimum atomic E-state index is -1.06. The van der Waals surface area contributed by atoms with E-state index in [-0.39, 0.29) is 36.3 Å². The Labute approximate surface area is 239 Å². The number of thioether (sulfide) groups is 1. The van der Waals surface area contributed by atoms with Gasteiger partial charge < -0.3 is 20.1 Å². The van der Waals surface area contributed by atoms with Crippen molar-refractivity contribution in [1.29, 1.82) is 0 Å². The largest absolute Gasteiger partial charge is 0.503 e. The molecule has 0 spiro atoms. The number of aliphatic hydroxyl groups excluding tert-OH is 1. The van der Waals surface area contributed by atoms with Crippen molar-refractivity contribution >= 4 is 29.4 Å². The van der Waals surface area contributed by atoms with E-state index in [4.69, 9.17) is 4.74 Å². The third-order valence-corrected chi connectivity index (χ3v) is 8.97. The Bertz CT molecular complexity index is 1500. The number of morpholine rings is 1. The van der Waals surface area contributed by atoms with E-state index in [1.165, 1.54) is 34.8 Å². The van der Waals surface area contributed by atoms with Crippen molar-refractivity contribution in [2.24, 2.45) is 0 Å². The molecule has 3 atom stereocenters. The normalized spacial score (nSPS) is 25.4. The minimum absolute atomic E-state index is 0.0163. The molecule has 0 aromatic heterocycles. The predicted octanol–water partition coefficient (Wildman–Crippen LogP) is 3.18. The maximum atomic E-state index is 15.3. The van der Waals surface area contributed by atoms with Gasteiger partial charge in [0.15, 0.2) is 23.1 Å². The van der Waals surface area contributed by atoms with Gasteiger partial charge in [-0.1, -0.05) is 30.8 Å². The number of carbonyl (C=O) groups is 3. The van der Waals surface area contributed by atoms with Crippen LogP contribution in [0.25, 0.3) is 0 Å². The highest BCUT2D eigenvalue weighted by atomic mass is 32.2. The number of nitrogens with zero attached hydrogens (tertiary/aromatic N) is 3. The van der Waals surface area contributed by atoms with Crippen LogP contribution in [0.1, 0.15) is 35.6 Å². The Morgan fingerprint density at radius 1 is 1.15 bits per heavy atom. The van der Waals surface area contributed by atoms with Gasteiger partial charge in [-0.25, -0.2) is 8.78 Å². The van der Waals surface area contributed by atoms with E-state index in [1.807, 2.05) is 24.3 Å². The number of benzene rings is 2. The summed E-state index contributed by atoms with van der Waals surface area (Å²) >= 11 is 1.35. The van der Waals surface area contributed by atoms with Crippen molar-refractivity contribution in [1.82, 2.24) is 20.2 Å². The molecule has 1 aliphatic carbocycles. The van der Waals surface area contributed by atoms with Crippen molar-refractivity contribution in [3.05, 3.63) is 88.8 Å². The molecule has 1 unspecified atom stereocenters. The van der Waals surface area contributed by atoms with Crippen molar-refractivity contribution in [3.63, 3.8) is 0 Å². The quantitative estimate of drug-likeness (QED) is 0.410. The number of hydrazine groups is 1. The van der Waals surface area contributed by atoms with Crippen LogP contribution >= 0.6 is 11.8 Å². The van der Waals surface area contributed by atoms with Crippen molar-refractivity contribution < 1.29 is 33.0 Å². The summed E-state index contributed by atoms with van der Waals surface area (Å²) in [6.07, 6.45) is 1.66. The molecule has 6 rings (SSSR count). The number of likely N-dealkylation sites (N-methyl/N-ethyl adjacent to an activating group) is 1. The van der Waals surface area contributed by atoms with Gasteiger partial charge in [0.25, 0.3) is 5.91 Å². The fourth-order valence-electron chi connectivity index (χ4n) is 5.70. The zero-order valence-electron chi connectivity index (χ0n) is 22.2. The summed E-state index contributed by atoms with van der Waals surface area (Å²) in [5, 5.41) is 17.0. The average molecular weight is 583 g/mol. The van der Waals surface area contributed by atoms with Crippen molar-refractivity contribution in [3.8, 4) is 0 Å². The molecule has 1 saturated carbocycles. The number of allylic oxidation sites excluding steroid dienone is 1. The lowest BCUT2D eigenvalue weighted by Crippen LogP contribution is -2.72. The number of rotatable bonds is 5. The van der Waals surface area contributed by atoms with Crippen LogP contribution in [0.4, 0.5) is 8.78 Å². The monoisotopic (exact) mass is 582 g/mol. The van der Waals surface area contributed by atoms with Gasteiger partial charge in [-0.3, -0.25) is 19.4 Å². The lowest BCUT2D eigenvalue weighted by molar-refractivity contribution is -0.207. The van der Waals surface area contributed by atoms with Gasteiger partial charge in [-0.05, 0) is 42.2 Å². The van der Waals surface area contributed by atoms with Crippen LogP contribution in [0.15, 0.2) is 65.4 Å². The number of aliphatic hydroxyl groups is 1. The molecule has 3 fully saturated rings. The molecule has 41 heavy (non-hydrogen) atoms. The summed E-state index contributed by atoms with van der Waals surface area (Å²) < 4.78 is 35.7. The molecule has 2 amide bonds. The number of carbonyl (C=O) groups excluding carboxylic acids is 3. The fourth-order valence-corrected chi connectivity index (χ4v) is 6.82. The molecule has 9 nitrogen and oxygen atoms in total. The number of amides is 2. The zero-order valence-corrected chi connectivity index (χ0v) is 23.0. The summed E-state index contributed by atoms with van der Waals surface area (Å²) in [6, 6.07) is 8.11. The predicted molar refractivity (Wildman–Crippen MR) is 145 cm³/mol. The highest BCUT2D eigenvalue weighted by Gasteiger charge is 2.53. The van der Waals surface area contributed by atoms with E-state index >= 15 is 4.39 Å². The number of fused-ring (bicyclic) bond motifs is 3. The number of ketones is 1. The summed E-state index contributed by atoms with van der Waals surface area (Å²) in [5.41, 5.74) is 0.975. The van der Waals surface area contributed by atoms with Crippen LogP contribution in [0.2, 0.25) is 0 Å². The molecular weight excluding hydrogens is 554 g/mol. The van der Waals surface area contributed by atoms with Crippen LogP contribution in [0, 0.1) is 11.6 Å². The zero-order chi connectivity index (χ0) is 29.0. The molecule has 4 aliphatic rings. The summed E-state index contributed by atoms with van der Waals surface area (Å²) in [5.74, 6) is -4.66. The van der Waals surface area contributed by atoms with E-state index in [0.29, 0.717) is 5.56 Å². The highest BCUT2D eigenvalue weighted by Crippen LogP contribution is 2.47. The fraction of sp³-hybridized carbons (Fsp3) is 0.345. The number of halogens is 2. The molecular formula is C29H28F2N4O5S. The number of nitrogens with one attached hydrogen (secondary N) is 1. The SMILES string of the molecule is C=CC(=O)/C(O)=C1/C(=O)N2C(C(=O)NC3CC3)COC[C@H]2N([C@@H]2c3ccccc3SCc3c2ccc(F)c3F)N1C. The van der Waals surface area contributed by atoms with Gasteiger partial charge in [0, 0.05) is 29.3 Å². The molecule has 2 N–H and O–H groups in total. The van der Waals surface area contributed by atoms with E-state index in [2.05, 4.69) is 11.9 Å². The third-order valence-electron chi connectivity index (χ3n) is 7.86. The molecule has 12 heteroatoms. The average Bonchev–Trinajstić information content (AvgIpc) is 3.81. The second-order valence-corrected chi connectivity index (χ2v) is 11.4.